The summed E-state index contributed by atoms with van der Waals surface area (Å²) in [6.45, 7) is 2.81. The predicted molar refractivity (Wildman–Crippen MR) is 97.9 cm³/mol. The molecular weight excluding hydrogens is 314 g/mol. The maximum Gasteiger partial charge on any atom is 0.236 e. The minimum atomic E-state index is -0.231. The van der Waals surface area contributed by atoms with Gasteiger partial charge in [0.05, 0.1) is 6.54 Å². The van der Waals surface area contributed by atoms with E-state index in [1.165, 1.54) is 18.4 Å². The lowest BCUT2D eigenvalue weighted by molar-refractivity contribution is -0.136. The summed E-state index contributed by atoms with van der Waals surface area (Å²) in [5, 5.41) is 0. The van der Waals surface area contributed by atoms with Crippen molar-refractivity contribution in [3.8, 4) is 0 Å². The number of carbonyl (C=O) groups excluding carboxylic acids is 2. The van der Waals surface area contributed by atoms with E-state index in [2.05, 4.69) is 29.2 Å². The van der Waals surface area contributed by atoms with Gasteiger partial charge in [-0.25, -0.2) is 0 Å². The molecule has 2 aliphatic rings. The SMILES string of the molecule is NC(=O)C1CCN(C(=O)CN2CCCC[C@@H]2Cc2ccccc2)CC1. The molecule has 2 aliphatic heterocycles. The molecule has 5 nitrogen and oxygen atoms in total. The van der Waals surface area contributed by atoms with Crippen molar-refractivity contribution >= 4 is 11.8 Å². The van der Waals surface area contributed by atoms with Crippen molar-refractivity contribution < 1.29 is 9.59 Å². The maximum absolute atomic E-state index is 12.7. The smallest absolute Gasteiger partial charge is 0.236 e. The third kappa shape index (κ3) is 4.82. The third-order valence-corrected chi connectivity index (χ3v) is 5.65. The van der Waals surface area contributed by atoms with Gasteiger partial charge in [-0.1, -0.05) is 36.8 Å². The normalized spacial score (nSPS) is 22.7. The van der Waals surface area contributed by atoms with Gasteiger partial charge in [0.2, 0.25) is 11.8 Å². The summed E-state index contributed by atoms with van der Waals surface area (Å²) in [4.78, 5) is 28.3. The molecule has 2 amide bonds. The Morgan fingerprint density at radius 2 is 1.72 bits per heavy atom. The Hall–Kier alpha value is -1.88. The van der Waals surface area contributed by atoms with Gasteiger partial charge in [0, 0.05) is 25.0 Å². The van der Waals surface area contributed by atoms with Crippen molar-refractivity contribution in [2.24, 2.45) is 11.7 Å². The molecule has 0 aliphatic carbocycles. The molecule has 25 heavy (non-hydrogen) atoms. The number of hydrogen-bond donors (Lipinski definition) is 1. The third-order valence-electron chi connectivity index (χ3n) is 5.65. The molecule has 0 bridgehead atoms. The molecule has 0 radical (unpaired) electrons. The van der Waals surface area contributed by atoms with Crippen LogP contribution in [0.15, 0.2) is 30.3 Å². The van der Waals surface area contributed by atoms with E-state index in [0.29, 0.717) is 38.5 Å². The highest BCUT2D eigenvalue weighted by atomic mass is 16.2. The maximum atomic E-state index is 12.7. The second kappa shape index (κ2) is 8.48. The van der Waals surface area contributed by atoms with Crippen molar-refractivity contribution in [1.82, 2.24) is 9.80 Å². The minimum Gasteiger partial charge on any atom is -0.369 e. The van der Waals surface area contributed by atoms with Crippen molar-refractivity contribution in [2.45, 2.75) is 44.6 Å². The van der Waals surface area contributed by atoms with Gasteiger partial charge in [0.25, 0.3) is 0 Å². The zero-order chi connectivity index (χ0) is 17.6. The molecule has 1 aromatic rings. The quantitative estimate of drug-likeness (QED) is 0.887. The Balaban J connectivity index is 1.54. The predicted octanol–water partition coefficient (Wildman–Crippen LogP) is 1.81. The van der Waals surface area contributed by atoms with Crippen molar-refractivity contribution in [3.05, 3.63) is 35.9 Å². The molecule has 2 N–H and O–H groups in total. The highest BCUT2D eigenvalue weighted by molar-refractivity contribution is 5.80. The first kappa shape index (κ1) is 17.9. The van der Waals surface area contributed by atoms with Crippen LogP contribution in [-0.4, -0.2) is 53.8 Å². The molecule has 2 fully saturated rings. The van der Waals surface area contributed by atoms with Crippen LogP contribution in [-0.2, 0) is 16.0 Å². The summed E-state index contributed by atoms with van der Waals surface area (Å²) in [6.07, 6.45) is 5.99. The largest absolute Gasteiger partial charge is 0.369 e. The molecule has 1 aromatic carbocycles. The van der Waals surface area contributed by atoms with Crippen LogP contribution in [0.1, 0.15) is 37.7 Å². The van der Waals surface area contributed by atoms with Crippen molar-refractivity contribution in [1.29, 1.82) is 0 Å². The van der Waals surface area contributed by atoms with Crippen molar-refractivity contribution in [2.75, 3.05) is 26.2 Å². The van der Waals surface area contributed by atoms with E-state index in [1.807, 2.05) is 11.0 Å². The molecule has 0 unspecified atom stereocenters. The van der Waals surface area contributed by atoms with E-state index in [0.717, 1.165) is 19.4 Å². The van der Waals surface area contributed by atoms with Crippen LogP contribution in [0, 0.1) is 5.92 Å². The monoisotopic (exact) mass is 343 g/mol. The number of likely N-dealkylation sites (tertiary alicyclic amines) is 2. The lowest BCUT2D eigenvalue weighted by atomic mass is 9.95. The van der Waals surface area contributed by atoms with Crippen LogP contribution in [0.3, 0.4) is 0 Å². The van der Waals surface area contributed by atoms with Crippen LogP contribution < -0.4 is 5.73 Å². The first-order chi connectivity index (χ1) is 12.1. The van der Waals surface area contributed by atoms with E-state index in [1.54, 1.807) is 0 Å². The number of primary amides is 1. The lowest BCUT2D eigenvalue weighted by Gasteiger charge is -2.38. The number of carbonyl (C=O) groups is 2. The van der Waals surface area contributed by atoms with Crippen molar-refractivity contribution in [3.63, 3.8) is 0 Å². The molecule has 1 atom stereocenters. The highest BCUT2D eigenvalue weighted by Gasteiger charge is 2.29. The molecule has 3 rings (SSSR count). The summed E-state index contributed by atoms with van der Waals surface area (Å²) in [5.74, 6) is -0.0983. The Morgan fingerprint density at radius 3 is 2.40 bits per heavy atom. The fourth-order valence-corrected chi connectivity index (χ4v) is 4.07. The Labute approximate surface area is 150 Å². The fourth-order valence-electron chi connectivity index (χ4n) is 4.07. The average molecular weight is 343 g/mol. The zero-order valence-electron chi connectivity index (χ0n) is 14.9. The van der Waals surface area contributed by atoms with Crippen LogP contribution in [0.4, 0.5) is 0 Å². The van der Waals surface area contributed by atoms with Gasteiger partial charge in [-0.3, -0.25) is 14.5 Å². The van der Waals surface area contributed by atoms with Gasteiger partial charge in [-0.15, -0.1) is 0 Å². The number of hydrogen-bond acceptors (Lipinski definition) is 3. The Bertz CT molecular complexity index is 582. The molecule has 2 saturated heterocycles. The molecule has 5 heteroatoms. The summed E-state index contributed by atoms with van der Waals surface area (Å²) >= 11 is 0. The molecule has 0 spiro atoms. The number of rotatable bonds is 5. The summed E-state index contributed by atoms with van der Waals surface area (Å²) in [5.41, 5.74) is 6.72. The zero-order valence-corrected chi connectivity index (χ0v) is 14.9. The molecule has 136 valence electrons. The molecule has 0 aromatic heterocycles. The van der Waals surface area contributed by atoms with Gasteiger partial charge < -0.3 is 10.6 Å². The minimum absolute atomic E-state index is 0.0649. The second-order valence-corrected chi connectivity index (χ2v) is 7.37. The number of amides is 2. The lowest BCUT2D eigenvalue weighted by Crippen LogP contribution is -2.49. The van der Waals surface area contributed by atoms with Gasteiger partial charge in [-0.05, 0) is 44.2 Å². The van der Waals surface area contributed by atoms with Gasteiger partial charge >= 0.3 is 0 Å². The molecule has 0 saturated carbocycles. The molecular formula is C20H29N3O2. The Morgan fingerprint density at radius 1 is 1.00 bits per heavy atom. The summed E-state index contributed by atoms with van der Waals surface area (Å²) in [7, 11) is 0. The fraction of sp³-hybridized carbons (Fsp3) is 0.600. The standard InChI is InChI=1S/C20H29N3O2/c21-20(25)17-9-12-22(13-10-17)19(24)15-23-11-5-4-8-18(23)14-16-6-2-1-3-7-16/h1-3,6-7,17-18H,4-5,8-15H2,(H2,21,25)/t18-/m1/s1. The van der Waals surface area contributed by atoms with Gasteiger partial charge in [0.1, 0.15) is 0 Å². The van der Waals surface area contributed by atoms with E-state index in [9.17, 15) is 9.59 Å². The topological polar surface area (TPSA) is 66.6 Å². The van der Waals surface area contributed by atoms with Gasteiger partial charge in [-0.2, -0.15) is 0 Å². The first-order valence-electron chi connectivity index (χ1n) is 9.48. The first-order valence-corrected chi connectivity index (χ1v) is 9.48. The van der Waals surface area contributed by atoms with Gasteiger partial charge in [0.15, 0.2) is 0 Å². The van der Waals surface area contributed by atoms with E-state index < -0.39 is 0 Å². The highest BCUT2D eigenvalue weighted by Crippen LogP contribution is 2.22. The summed E-state index contributed by atoms with van der Waals surface area (Å²) < 4.78 is 0. The molecule has 2 heterocycles. The summed E-state index contributed by atoms with van der Waals surface area (Å²) in [6, 6.07) is 11.0. The van der Waals surface area contributed by atoms with Crippen LogP contribution >= 0.6 is 0 Å². The van der Waals surface area contributed by atoms with Crippen LogP contribution in [0.5, 0.6) is 0 Å². The Kier molecular flexibility index (Phi) is 6.08. The average Bonchev–Trinajstić information content (AvgIpc) is 2.64. The van der Waals surface area contributed by atoms with E-state index >= 15 is 0 Å². The number of nitrogens with zero attached hydrogens (tertiary/aromatic N) is 2. The van der Waals surface area contributed by atoms with Crippen LogP contribution in [0.2, 0.25) is 0 Å². The number of nitrogens with two attached hydrogens (primary N) is 1. The van der Waals surface area contributed by atoms with E-state index in [-0.39, 0.29) is 17.7 Å². The van der Waals surface area contributed by atoms with E-state index in [4.69, 9.17) is 5.73 Å². The second-order valence-electron chi connectivity index (χ2n) is 7.37. The number of piperidine rings is 2. The number of benzene rings is 1. The van der Waals surface area contributed by atoms with Crippen LogP contribution in [0.25, 0.3) is 0 Å².